The van der Waals surface area contributed by atoms with Crippen molar-refractivity contribution in [2.45, 2.75) is 24.8 Å². The molecule has 9 heteroatoms. The van der Waals surface area contributed by atoms with Gasteiger partial charge in [-0.05, 0) is 49.2 Å². The number of thioether (sulfide) groups is 1. The number of aryl methyl sites for hydroxylation is 2. The predicted molar refractivity (Wildman–Crippen MR) is 126 cm³/mol. The van der Waals surface area contributed by atoms with Crippen LogP contribution in [0.3, 0.4) is 0 Å². The maximum Gasteiger partial charge on any atom is 0.239 e. The number of amides is 1. The van der Waals surface area contributed by atoms with Gasteiger partial charge in [0.05, 0.1) is 27.3 Å². The Morgan fingerprint density at radius 3 is 2.77 bits per heavy atom. The van der Waals surface area contributed by atoms with Crippen molar-refractivity contribution in [2.75, 3.05) is 17.2 Å². The number of benzene rings is 2. The molecule has 2 heterocycles. The van der Waals surface area contributed by atoms with Gasteiger partial charge >= 0.3 is 0 Å². The molecule has 160 valence electrons. The summed E-state index contributed by atoms with van der Waals surface area (Å²) in [6.07, 6.45) is 6.15. The average molecular weight is 475 g/mol. The van der Waals surface area contributed by atoms with Crippen LogP contribution < -0.4 is 4.90 Å². The summed E-state index contributed by atoms with van der Waals surface area (Å²) < 4.78 is 16.0. The molecule has 0 spiro atoms. The summed E-state index contributed by atoms with van der Waals surface area (Å²) in [7, 11) is 0. The summed E-state index contributed by atoms with van der Waals surface area (Å²) in [5.74, 6) is -0.106. The Balaban J connectivity index is 1.54. The van der Waals surface area contributed by atoms with Gasteiger partial charge in [0.1, 0.15) is 5.82 Å². The van der Waals surface area contributed by atoms with Crippen molar-refractivity contribution in [1.29, 1.82) is 0 Å². The van der Waals surface area contributed by atoms with E-state index in [4.69, 9.17) is 16.6 Å². The molecular formula is C22H20ClFN4OS2. The molecule has 0 unspecified atom stereocenters. The van der Waals surface area contributed by atoms with Crippen LogP contribution in [0.25, 0.3) is 10.2 Å². The zero-order valence-electron chi connectivity index (χ0n) is 16.8. The third-order valence-electron chi connectivity index (χ3n) is 4.75. The van der Waals surface area contributed by atoms with E-state index in [1.165, 1.54) is 35.2 Å². The molecule has 0 aliphatic carbocycles. The van der Waals surface area contributed by atoms with Gasteiger partial charge in [0, 0.05) is 30.4 Å². The number of hydrogen-bond acceptors (Lipinski definition) is 5. The van der Waals surface area contributed by atoms with E-state index in [0.29, 0.717) is 16.7 Å². The molecule has 0 N–H and O–H groups in total. The number of thiazole rings is 1. The lowest BCUT2D eigenvalue weighted by Gasteiger charge is -2.20. The molecular weight excluding hydrogens is 455 g/mol. The fraction of sp³-hybridized carbons (Fsp3) is 0.227. The van der Waals surface area contributed by atoms with Gasteiger partial charge in [0.25, 0.3) is 0 Å². The molecule has 0 fully saturated rings. The summed E-state index contributed by atoms with van der Waals surface area (Å²) >= 11 is 9.19. The normalized spacial score (nSPS) is 11.2. The van der Waals surface area contributed by atoms with E-state index in [2.05, 4.69) is 4.98 Å². The number of nitrogens with zero attached hydrogens (tertiary/aromatic N) is 4. The van der Waals surface area contributed by atoms with Gasteiger partial charge in [-0.3, -0.25) is 9.69 Å². The quantitative estimate of drug-likeness (QED) is 0.302. The van der Waals surface area contributed by atoms with Crippen molar-refractivity contribution in [3.8, 4) is 0 Å². The van der Waals surface area contributed by atoms with Crippen molar-refractivity contribution in [3.63, 3.8) is 0 Å². The van der Waals surface area contributed by atoms with E-state index in [1.807, 2.05) is 29.8 Å². The second kappa shape index (κ2) is 9.80. The van der Waals surface area contributed by atoms with Gasteiger partial charge < -0.3 is 4.57 Å². The number of carbonyl (C=O) groups excluding carboxylic acids is 1. The van der Waals surface area contributed by atoms with Crippen molar-refractivity contribution >= 4 is 56.0 Å². The molecule has 4 rings (SSSR count). The van der Waals surface area contributed by atoms with Crippen LogP contribution >= 0.6 is 34.7 Å². The van der Waals surface area contributed by atoms with E-state index in [9.17, 15) is 9.18 Å². The standard InChI is InChI=1S/C22H20ClFN4OS2/c1-15-3-8-18(23)21-20(15)26-22(31-21)28(11-2-10-27-12-9-25-14-27)19(29)13-30-17-6-4-16(24)5-7-17/h3-9,12,14H,2,10-11,13H2,1H3. The molecule has 5 nitrogen and oxygen atoms in total. The van der Waals surface area contributed by atoms with Crippen molar-refractivity contribution in [2.24, 2.45) is 0 Å². The summed E-state index contributed by atoms with van der Waals surface area (Å²) in [4.78, 5) is 24.5. The van der Waals surface area contributed by atoms with Gasteiger partial charge in [-0.2, -0.15) is 0 Å². The number of carbonyl (C=O) groups is 1. The van der Waals surface area contributed by atoms with Gasteiger partial charge in [0.2, 0.25) is 5.91 Å². The van der Waals surface area contributed by atoms with Crippen molar-refractivity contribution < 1.29 is 9.18 Å². The first-order chi connectivity index (χ1) is 15.0. The number of aromatic nitrogens is 3. The van der Waals surface area contributed by atoms with E-state index < -0.39 is 0 Å². The highest BCUT2D eigenvalue weighted by molar-refractivity contribution is 8.00. The fourth-order valence-electron chi connectivity index (χ4n) is 3.12. The van der Waals surface area contributed by atoms with Crippen LogP contribution in [0.4, 0.5) is 9.52 Å². The minimum Gasteiger partial charge on any atom is -0.337 e. The summed E-state index contributed by atoms with van der Waals surface area (Å²) in [5, 5.41) is 1.28. The smallest absolute Gasteiger partial charge is 0.239 e. The predicted octanol–water partition coefficient (Wildman–Crippen LogP) is 5.81. The molecule has 0 saturated carbocycles. The third-order valence-corrected chi connectivity index (χ3v) is 7.29. The molecule has 1 amide bonds. The Morgan fingerprint density at radius 1 is 1.26 bits per heavy atom. The van der Waals surface area contributed by atoms with E-state index in [0.717, 1.165) is 33.6 Å². The lowest BCUT2D eigenvalue weighted by Crippen LogP contribution is -2.33. The molecule has 0 bridgehead atoms. The van der Waals surface area contributed by atoms with E-state index in [1.54, 1.807) is 29.6 Å². The summed E-state index contributed by atoms with van der Waals surface area (Å²) in [5.41, 5.74) is 1.85. The first-order valence-corrected chi connectivity index (χ1v) is 11.9. The van der Waals surface area contributed by atoms with Crippen LogP contribution in [0, 0.1) is 12.7 Å². The summed E-state index contributed by atoms with van der Waals surface area (Å²) in [6.45, 7) is 3.26. The van der Waals surface area contributed by atoms with Gasteiger partial charge in [-0.25, -0.2) is 14.4 Å². The molecule has 0 aliphatic heterocycles. The van der Waals surface area contributed by atoms with E-state index in [-0.39, 0.29) is 17.5 Å². The maximum atomic E-state index is 13.2. The SMILES string of the molecule is Cc1ccc(Cl)c2sc(N(CCCn3ccnc3)C(=O)CSc3ccc(F)cc3)nc12. The second-order valence-electron chi connectivity index (χ2n) is 6.98. The Morgan fingerprint density at radius 2 is 2.06 bits per heavy atom. The Hall–Kier alpha value is -2.42. The highest BCUT2D eigenvalue weighted by atomic mass is 35.5. The zero-order valence-corrected chi connectivity index (χ0v) is 19.2. The Bertz CT molecular complexity index is 1140. The average Bonchev–Trinajstić information content (AvgIpc) is 3.44. The molecule has 0 aliphatic rings. The number of rotatable bonds is 8. The Kier molecular flexibility index (Phi) is 6.89. The first-order valence-electron chi connectivity index (χ1n) is 9.71. The number of anilines is 1. The van der Waals surface area contributed by atoms with Gasteiger partial charge in [-0.15, -0.1) is 11.8 Å². The molecule has 0 atom stereocenters. The van der Waals surface area contributed by atoms with Crippen molar-refractivity contribution in [1.82, 2.24) is 14.5 Å². The van der Waals surface area contributed by atoms with Crippen LogP contribution in [0.5, 0.6) is 0 Å². The van der Waals surface area contributed by atoms with Crippen LogP contribution in [-0.2, 0) is 11.3 Å². The molecule has 0 saturated heterocycles. The highest BCUT2D eigenvalue weighted by Crippen LogP contribution is 2.36. The van der Waals surface area contributed by atoms with Crippen LogP contribution in [0.2, 0.25) is 5.02 Å². The monoisotopic (exact) mass is 474 g/mol. The van der Waals surface area contributed by atoms with Gasteiger partial charge in [0.15, 0.2) is 5.13 Å². The highest BCUT2D eigenvalue weighted by Gasteiger charge is 2.21. The van der Waals surface area contributed by atoms with Crippen LogP contribution in [0.1, 0.15) is 12.0 Å². The minimum absolute atomic E-state index is 0.0483. The molecule has 4 aromatic rings. The molecule has 31 heavy (non-hydrogen) atoms. The first kappa shape index (κ1) is 21.8. The third kappa shape index (κ3) is 5.26. The number of halogens is 2. The lowest BCUT2D eigenvalue weighted by atomic mass is 10.2. The summed E-state index contributed by atoms with van der Waals surface area (Å²) in [6, 6.07) is 9.94. The fourth-order valence-corrected chi connectivity index (χ4v) is 5.25. The van der Waals surface area contributed by atoms with Crippen LogP contribution in [0.15, 0.2) is 60.0 Å². The van der Waals surface area contributed by atoms with E-state index >= 15 is 0 Å². The van der Waals surface area contributed by atoms with Crippen molar-refractivity contribution in [3.05, 3.63) is 71.5 Å². The minimum atomic E-state index is -0.293. The maximum absolute atomic E-state index is 13.2. The number of fused-ring (bicyclic) bond motifs is 1. The van der Waals surface area contributed by atoms with Crippen LogP contribution in [-0.4, -0.2) is 32.7 Å². The molecule has 2 aromatic heterocycles. The zero-order chi connectivity index (χ0) is 21.8. The molecule has 2 aromatic carbocycles. The number of hydrogen-bond donors (Lipinski definition) is 0. The van der Waals surface area contributed by atoms with Gasteiger partial charge in [-0.1, -0.05) is 29.0 Å². The number of imidazole rings is 1. The second-order valence-corrected chi connectivity index (χ2v) is 9.41. The topological polar surface area (TPSA) is 51.0 Å². The largest absolute Gasteiger partial charge is 0.337 e. The Labute approximate surface area is 192 Å². The lowest BCUT2D eigenvalue weighted by molar-refractivity contribution is -0.116. The molecule has 0 radical (unpaired) electrons.